The highest BCUT2D eigenvalue weighted by atomic mass is 16.5. The molecule has 0 spiro atoms. The van der Waals surface area contributed by atoms with Crippen molar-refractivity contribution in [2.45, 2.75) is 6.42 Å². The molecular formula is C23H20N2O2. The van der Waals surface area contributed by atoms with E-state index in [1.807, 2.05) is 84.9 Å². The zero-order valence-electron chi connectivity index (χ0n) is 14.9. The molecule has 0 radical (unpaired) electrons. The number of rotatable bonds is 7. The number of amides is 1. The molecule has 0 aliphatic heterocycles. The summed E-state index contributed by atoms with van der Waals surface area (Å²) in [6.45, 7) is 0.243. The number of para-hydroxylation sites is 2. The summed E-state index contributed by atoms with van der Waals surface area (Å²) in [5.41, 5.74) is 2.73. The summed E-state index contributed by atoms with van der Waals surface area (Å²) in [5.74, 6) is 0.477. The van der Waals surface area contributed by atoms with Crippen molar-refractivity contribution in [1.82, 2.24) is 0 Å². The van der Waals surface area contributed by atoms with Gasteiger partial charge in [-0.15, -0.1) is 0 Å². The molecule has 1 amide bonds. The zero-order chi connectivity index (χ0) is 18.9. The molecule has 0 fully saturated rings. The van der Waals surface area contributed by atoms with Crippen molar-refractivity contribution in [3.63, 3.8) is 0 Å². The molecule has 3 rings (SSSR count). The molecule has 134 valence electrons. The van der Waals surface area contributed by atoms with Crippen molar-refractivity contribution in [3.8, 4) is 22.9 Å². The topological polar surface area (TPSA) is 53.3 Å². The molecule has 0 atom stereocenters. The van der Waals surface area contributed by atoms with Crippen LogP contribution in [-0.4, -0.2) is 19.1 Å². The molecule has 0 aromatic heterocycles. The van der Waals surface area contributed by atoms with E-state index < -0.39 is 0 Å². The second kappa shape index (κ2) is 9.21. The lowest BCUT2D eigenvalue weighted by atomic mass is 10.1. The van der Waals surface area contributed by atoms with Gasteiger partial charge in [0.1, 0.15) is 5.75 Å². The number of nitrogens with zero attached hydrogens (tertiary/aromatic N) is 2. The van der Waals surface area contributed by atoms with Crippen LogP contribution in [0.5, 0.6) is 5.75 Å². The van der Waals surface area contributed by atoms with Gasteiger partial charge in [-0.25, -0.2) is 0 Å². The summed E-state index contributed by atoms with van der Waals surface area (Å²) in [7, 11) is 0. The third-order valence-corrected chi connectivity index (χ3v) is 4.14. The fourth-order valence-electron chi connectivity index (χ4n) is 2.83. The quantitative estimate of drug-likeness (QED) is 0.618. The monoisotopic (exact) mass is 356 g/mol. The summed E-state index contributed by atoms with van der Waals surface area (Å²) < 4.78 is 5.86. The molecule has 27 heavy (non-hydrogen) atoms. The Morgan fingerprint density at radius 2 is 1.52 bits per heavy atom. The molecule has 4 heteroatoms. The van der Waals surface area contributed by atoms with Gasteiger partial charge in [0.15, 0.2) is 6.61 Å². The van der Waals surface area contributed by atoms with Gasteiger partial charge in [0.2, 0.25) is 0 Å². The summed E-state index contributed by atoms with van der Waals surface area (Å²) in [6.07, 6.45) is 0.265. The van der Waals surface area contributed by atoms with Gasteiger partial charge in [0.25, 0.3) is 5.91 Å². The van der Waals surface area contributed by atoms with E-state index in [2.05, 4.69) is 6.07 Å². The maximum Gasteiger partial charge on any atom is 0.264 e. The Morgan fingerprint density at radius 1 is 0.889 bits per heavy atom. The predicted octanol–water partition coefficient (Wildman–Crippen LogP) is 4.68. The van der Waals surface area contributed by atoms with Crippen molar-refractivity contribution >= 4 is 11.6 Å². The van der Waals surface area contributed by atoms with Crippen molar-refractivity contribution in [2.75, 3.05) is 18.1 Å². The third kappa shape index (κ3) is 4.74. The van der Waals surface area contributed by atoms with Crippen LogP contribution >= 0.6 is 0 Å². The smallest absolute Gasteiger partial charge is 0.264 e. The van der Waals surface area contributed by atoms with Gasteiger partial charge in [-0.05, 0) is 23.8 Å². The second-order valence-electron chi connectivity index (χ2n) is 5.94. The molecule has 0 saturated heterocycles. The Morgan fingerprint density at radius 3 is 2.22 bits per heavy atom. The maximum atomic E-state index is 12.8. The lowest BCUT2D eigenvalue weighted by Crippen LogP contribution is -2.35. The molecule has 0 bridgehead atoms. The lowest BCUT2D eigenvalue weighted by Gasteiger charge is -2.22. The van der Waals surface area contributed by atoms with Crippen LogP contribution < -0.4 is 9.64 Å². The first kappa shape index (κ1) is 18.2. The largest absolute Gasteiger partial charge is 0.483 e. The van der Waals surface area contributed by atoms with E-state index in [1.54, 1.807) is 4.90 Å². The van der Waals surface area contributed by atoms with Crippen LogP contribution in [0.15, 0.2) is 84.9 Å². The highest BCUT2D eigenvalue weighted by molar-refractivity contribution is 5.94. The number of anilines is 1. The second-order valence-corrected chi connectivity index (χ2v) is 5.94. The molecule has 3 aromatic rings. The number of ether oxygens (including phenoxy) is 1. The first-order chi connectivity index (χ1) is 13.3. The average molecular weight is 356 g/mol. The normalized spacial score (nSPS) is 10.0. The van der Waals surface area contributed by atoms with Crippen LogP contribution in [0.1, 0.15) is 6.42 Å². The van der Waals surface area contributed by atoms with E-state index >= 15 is 0 Å². The van der Waals surface area contributed by atoms with Gasteiger partial charge in [0, 0.05) is 17.8 Å². The molecule has 0 aliphatic rings. The Kier molecular flexibility index (Phi) is 6.21. The first-order valence-electron chi connectivity index (χ1n) is 8.79. The van der Waals surface area contributed by atoms with Crippen LogP contribution in [0.4, 0.5) is 5.69 Å². The van der Waals surface area contributed by atoms with Crippen molar-refractivity contribution in [2.24, 2.45) is 0 Å². The highest BCUT2D eigenvalue weighted by Gasteiger charge is 2.17. The minimum Gasteiger partial charge on any atom is -0.483 e. The van der Waals surface area contributed by atoms with E-state index in [9.17, 15) is 4.79 Å². The summed E-state index contributed by atoms with van der Waals surface area (Å²) >= 11 is 0. The van der Waals surface area contributed by atoms with E-state index in [1.165, 1.54) is 0 Å². The van der Waals surface area contributed by atoms with Gasteiger partial charge >= 0.3 is 0 Å². The zero-order valence-corrected chi connectivity index (χ0v) is 14.9. The van der Waals surface area contributed by atoms with Gasteiger partial charge in [0.05, 0.1) is 12.5 Å². The number of hydrogen-bond donors (Lipinski definition) is 0. The number of benzene rings is 3. The molecule has 0 N–H and O–H groups in total. The van der Waals surface area contributed by atoms with E-state index in [0.29, 0.717) is 12.3 Å². The number of carbonyl (C=O) groups is 1. The van der Waals surface area contributed by atoms with E-state index in [4.69, 9.17) is 10.00 Å². The molecule has 0 heterocycles. The highest BCUT2D eigenvalue weighted by Crippen LogP contribution is 2.29. The van der Waals surface area contributed by atoms with Gasteiger partial charge in [-0.3, -0.25) is 4.79 Å². The van der Waals surface area contributed by atoms with Gasteiger partial charge in [-0.1, -0.05) is 66.7 Å². The third-order valence-electron chi connectivity index (χ3n) is 4.14. The molecule has 4 nitrogen and oxygen atoms in total. The van der Waals surface area contributed by atoms with Crippen LogP contribution in [0.2, 0.25) is 0 Å². The maximum absolute atomic E-state index is 12.8. The minimum absolute atomic E-state index is 0.0931. The van der Waals surface area contributed by atoms with Crippen molar-refractivity contribution in [3.05, 3.63) is 84.9 Å². The van der Waals surface area contributed by atoms with Crippen LogP contribution in [-0.2, 0) is 4.79 Å². The number of hydrogen-bond acceptors (Lipinski definition) is 3. The standard InChI is InChI=1S/C23H20N2O2/c24-16-9-17-25(20-12-5-2-6-13-20)23(26)18-27-22-15-8-7-14-21(22)19-10-3-1-4-11-19/h1-8,10-15H,9,17-18H2. The average Bonchev–Trinajstić information content (AvgIpc) is 2.74. The molecular weight excluding hydrogens is 336 g/mol. The molecule has 3 aromatic carbocycles. The molecule has 0 unspecified atom stereocenters. The van der Waals surface area contributed by atoms with Crippen LogP contribution in [0.3, 0.4) is 0 Å². The molecule has 0 saturated carbocycles. The Bertz CT molecular complexity index is 918. The Hall–Kier alpha value is -3.58. The van der Waals surface area contributed by atoms with Gasteiger partial charge in [-0.2, -0.15) is 5.26 Å². The number of nitriles is 1. The fourth-order valence-corrected chi connectivity index (χ4v) is 2.83. The fraction of sp³-hybridized carbons (Fsp3) is 0.130. The summed E-state index contributed by atoms with van der Waals surface area (Å²) in [5, 5.41) is 8.89. The number of carbonyl (C=O) groups excluding carboxylic acids is 1. The Balaban J connectivity index is 1.76. The van der Waals surface area contributed by atoms with Gasteiger partial charge < -0.3 is 9.64 Å². The van der Waals surface area contributed by atoms with Crippen LogP contribution in [0, 0.1) is 11.3 Å². The SMILES string of the molecule is N#CCCN(C(=O)COc1ccccc1-c1ccccc1)c1ccccc1. The van der Waals surface area contributed by atoms with Crippen LogP contribution in [0.25, 0.3) is 11.1 Å². The minimum atomic E-state index is -0.181. The summed E-state index contributed by atoms with van der Waals surface area (Å²) in [4.78, 5) is 14.4. The van der Waals surface area contributed by atoms with Crippen molar-refractivity contribution in [1.29, 1.82) is 5.26 Å². The predicted molar refractivity (Wildman–Crippen MR) is 106 cm³/mol. The van der Waals surface area contributed by atoms with E-state index in [0.717, 1.165) is 16.8 Å². The lowest BCUT2D eigenvalue weighted by molar-refractivity contribution is -0.120. The van der Waals surface area contributed by atoms with E-state index in [-0.39, 0.29) is 18.9 Å². The Labute approximate surface area is 159 Å². The molecule has 0 aliphatic carbocycles. The first-order valence-corrected chi connectivity index (χ1v) is 8.79. The summed E-state index contributed by atoms with van der Waals surface area (Å²) in [6, 6.07) is 29.0. The van der Waals surface area contributed by atoms with Crippen molar-refractivity contribution < 1.29 is 9.53 Å².